The number of likely N-dealkylation sites (tertiary alicyclic amines) is 1. The van der Waals surface area contributed by atoms with Gasteiger partial charge in [-0.05, 0) is 32.4 Å². The molecular formula is C21H32FN3O2. The third-order valence-corrected chi connectivity index (χ3v) is 6.31. The van der Waals surface area contributed by atoms with Crippen molar-refractivity contribution >= 4 is 5.91 Å². The molecule has 2 aliphatic rings. The number of aryl methyl sites for hydroxylation is 1. The number of amides is 1. The van der Waals surface area contributed by atoms with Crippen molar-refractivity contribution in [3.63, 3.8) is 0 Å². The third-order valence-electron chi connectivity index (χ3n) is 6.31. The number of hydrogen-bond donors (Lipinski definition) is 0. The van der Waals surface area contributed by atoms with E-state index in [2.05, 4.69) is 16.8 Å². The third kappa shape index (κ3) is 4.50. The number of methoxy groups -OCH3 is 1. The molecule has 1 amide bonds. The lowest BCUT2D eigenvalue weighted by molar-refractivity contribution is -0.131. The van der Waals surface area contributed by atoms with Gasteiger partial charge in [0.1, 0.15) is 5.82 Å². The quantitative estimate of drug-likeness (QED) is 0.789. The van der Waals surface area contributed by atoms with Crippen LogP contribution in [0.2, 0.25) is 0 Å². The topological polar surface area (TPSA) is 36.0 Å². The van der Waals surface area contributed by atoms with Crippen LogP contribution in [0.25, 0.3) is 0 Å². The number of nitrogens with zero attached hydrogens (tertiary/aromatic N) is 3. The Bertz CT molecular complexity index is 669. The summed E-state index contributed by atoms with van der Waals surface area (Å²) in [6.07, 6.45) is 2.38. The van der Waals surface area contributed by atoms with E-state index in [0.29, 0.717) is 31.7 Å². The molecule has 2 heterocycles. The summed E-state index contributed by atoms with van der Waals surface area (Å²) in [6.45, 7) is 7.19. The first-order chi connectivity index (χ1) is 12.9. The summed E-state index contributed by atoms with van der Waals surface area (Å²) in [7, 11) is 3.83. The highest BCUT2D eigenvalue weighted by molar-refractivity contribution is 5.76. The van der Waals surface area contributed by atoms with E-state index in [1.807, 2.05) is 30.0 Å². The number of rotatable bonds is 5. The van der Waals surface area contributed by atoms with Crippen LogP contribution >= 0.6 is 0 Å². The molecule has 0 unspecified atom stereocenters. The highest BCUT2D eigenvalue weighted by Crippen LogP contribution is 2.33. The van der Waals surface area contributed by atoms with Gasteiger partial charge in [-0.15, -0.1) is 0 Å². The molecule has 2 fully saturated rings. The Morgan fingerprint density at radius 3 is 2.81 bits per heavy atom. The van der Waals surface area contributed by atoms with E-state index in [4.69, 9.17) is 4.74 Å². The summed E-state index contributed by atoms with van der Waals surface area (Å²) >= 11 is 0. The van der Waals surface area contributed by atoms with Crippen molar-refractivity contribution in [1.29, 1.82) is 0 Å². The van der Waals surface area contributed by atoms with E-state index in [1.54, 1.807) is 7.11 Å². The number of piperazine rings is 1. The number of hydrogen-bond acceptors (Lipinski definition) is 4. The maximum atomic E-state index is 14.5. The average Bonchev–Trinajstić information content (AvgIpc) is 2.81. The van der Waals surface area contributed by atoms with Gasteiger partial charge in [0.05, 0.1) is 6.61 Å². The monoisotopic (exact) mass is 377 g/mol. The van der Waals surface area contributed by atoms with Gasteiger partial charge in [-0.3, -0.25) is 14.6 Å². The van der Waals surface area contributed by atoms with Crippen LogP contribution in [0.1, 0.15) is 30.4 Å². The molecule has 0 bridgehead atoms. The van der Waals surface area contributed by atoms with E-state index >= 15 is 0 Å². The maximum absolute atomic E-state index is 14.5. The van der Waals surface area contributed by atoms with Gasteiger partial charge in [0.25, 0.3) is 0 Å². The summed E-state index contributed by atoms with van der Waals surface area (Å²) in [5.74, 6) is 0.131. The minimum Gasteiger partial charge on any atom is -0.383 e. The number of halogens is 1. The van der Waals surface area contributed by atoms with E-state index in [9.17, 15) is 9.18 Å². The summed E-state index contributed by atoms with van der Waals surface area (Å²) in [5, 5.41) is 0. The maximum Gasteiger partial charge on any atom is 0.222 e. The normalized spacial score (nSPS) is 25.2. The largest absolute Gasteiger partial charge is 0.383 e. The minimum absolute atomic E-state index is 0.0178. The van der Waals surface area contributed by atoms with Crippen molar-refractivity contribution in [3.05, 3.63) is 35.1 Å². The molecule has 2 saturated heterocycles. The number of likely N-dealkylation sites (N-methyl/N-ethyl adjacent to an activating group) is 1. The molecule has 0 saturated carbocycles. The molecule has 1 atom stereocenters. The molecule has 2 aliphatic heterocycles. The van der Waals surface area contributed by atoms with E-state index in [0.717, 1.165) is 44.6 Å². The van der Waals surface area contributed by atoms with Crippen molar-refractivity contribution in [2.45, 2.75) is 38.3 Å². The Morgan fingerprint density at radius 2 is 2.04 bits per heavy atom. The molecule has 0 N–H and O–H groups in total. The summed E-state index contributed by atoms with van der Waals surface area (Å²) < 4.78 is 19.6. The average molecular weight is 378 g/mol. The fourth-order valence-electron chi connectivity index (χ4n) is 4.42. The van der Waals surface area contributed by atoms with Gasteiger partial charge in [0, 0.05) is 63.9 Å². The molecule has 27 heavy (non-hydrogen) atoms. The first kappa shape index (κ1) is 20.2. The highest BCUT2D eigenvalue weighted by atomic mass is 19.1. The van der Waals surface area contributed by atoms with Crippen LogP contribution in [-0.4, -0.2) is 79.6 Å². The predicted molar refractivity (Wildman–Crippen MR) is 104 cm³/mol. The lowest BCUT2D eigenvalue weighted by Gasteiger charge is -2.49. The number of benzene rings is 1. The van der Waals surface area contributed by atoms with Crippen LogP contribution in [0.4, 0.5) is 4.39 Å². The van der Waals surface area contributed by atoms with E-state index in [1.165, 1.54) is 0 Å². The van der Waals surface area contributed by atoms with Crippen LogP contribution in [-0.2, 0) is 16.1 Å². The number of carbonyl (C=O) groups excluding carboxylic acids is 1. The molecule has 1 spiro atoms. The van der Waals surface area contributed by atoms with E-state index < -0.39 is 0 Å². The SMILES string of the molecule is COCCN1CC[C@@]2(CCC1=O)CN(Cc1cccc(C)c1F)CCN2C. The Kier molecular flexibility index (Phi) is 6.50. The zero-order valence-electron chi connectivity index (χ0n) is 16.8. The van der Waals surface area contributed by atoms with Gasteiger partial charge in [0.2, 0.25) is 5.91 Å². The molecule has 1 aromatic carbocycles. The Morgan fingerprint density at radius 1 is 1.22 bits per heavy atom. The zero-order valence-corrected chi connectivity index (χ0v) is 16.8. The molecule has 150 valence electrons. The fraction of sp³-hybridized carbons (Fsp3) is 0.667. The van der Waals surface area contributed by atoms with Crippen molar-refractivity contribution in [2.75, 3.05) is 53.5 Å². The smallest absolute Gasteiger partial charge is 0.222 e. The van der Waals surface area contributed by atoms with Gasteiger partial charge in [-0.1, -0.05) is 18.2 Å². The lowest BCUT2D eigenvalue weighted by atomic mass is 9.86. The van der Waals surface area contributed by atoms with Crippen molar-refractivity contribution in [1.82, 2.24) is 14.7 Å². The molecule has 0 aromatic heterocycles. The summed E-state index contributed by atoms with van der Waals surface area (Å²) in [6, 6.07) is 5.63. The van der Waals surface area contributed by atoms with E-state index in [-0.39, 0.29) is 17.3 Å². The summed E-state index contributed by atoms with van der Waals surface area (Å²) in [4.78, 5) is 19.2. The highest BCUT2D eigenvalue weighted by Gasteiger charge is 2.42. The van der Waals surface area contributed by atoms with Gasteiger partial charge in [-0.2, -0.15) is 0 Å². The second-order valence-corrected chi connectivity index (χ2v) is 8.03. The molecule has 1 aromatic rings. The number of carbonyl (C=O) groups is 1. The van der Waals surface area contributed by atoms with Crippen LogP contribution in [0.15, 0.2) is 18.2 Å². The Labute approximate surface area is 162 Å². The second kappa shape index (κ2) is 8.67. The number of ether oxygens (including phenoxy) is 1. The molecule has 0 aliphatic carbocycles. The van der Waals surface area contributed by atoms with Crippen LogP contribution in [0.3, 0.4) is 0 Å². The minimum atomic E-state index is -0.0905. The standard InChI is InChI=1S/C21H32FN3O2/c1-17-5-4-6-18(20(17)22)15-24-12-11-23(2)21(16-24)8-7-19(26)25(10-9-21)13-14-27-3/h4-6H,7-16H2,1-3H3/t21-/m0/s1. The van der Waals surface area contributed by atoms with Gasteiger partial charge in [0.15, 0.2) is 0 Å². The first-order valence-electron chi connectivity index (χ1n) is 9.89. The van der Waals surface area contributed by atoms with Crippen molar-refractivity contribution < 1.29 is 13.9 Å². The van der Waals surface area contributed by atoms with Crippen LogP contribution in [0.5, 0.6) is 0 Å². The molecule has 0 radical (unpaired) electrons. The lowest BCUT2D eigenvalue weighted by Crippen LogP contribution is -2.60. The van der Waals surface area contributed by atoms with Gasteiger partial charge < -0.3 is 9.64 Å². The van der Waals surface area contributed by atoms with Crippen LogP contribution in [0, 0.1) is 12.7 Å². The molecule has 3 rings (SSSR count). The molecule has 6 heteroatoms. The first-order valence-corrected chi connectivity index (χ1v) is 9.89. The zero-order chi connectivity index (χ0) is 19.4. The van der Waals surface area contributed by atoms with Gasteiger partial charge in [-0.25, -0.2) is 4.39 Å². The molecular weight excluding hydrogens is 345 g/mol. The van der Waals surface area contributed by atoms with Crippen LogP contribution < -0.4 is 0 Å². The Hall–Kier alpha value is -1.50. The second-order valence-electron chi connectivity index (χ2n) is 8.03. The summed E-state index contributed by atoms with van der Waals surface area (Å²) in [5.41, 5.74) is 1.45. The Balaban J connectivity index is 1.71. The predicted octanol–water partition coefficient (Wildman–Crippen LogP) is 2.28. The fourth-order valence-corrected chi connectivity index (χ4v) is 4.42. The van der Waals surface area contributed by atoms with Gasteiger partial charge >= 0.3 is 0 Å². The van der Waals surface area contributed by atoms with Crippen molar-refractivity contribution in [3.8, 4) is 0 Å². The molecule has 5 nitrogen and oxygen atoms in total. The van der Waals surface area contributed by atoms with Crippen molar-refractivity contribution in [2.24, 2.45) is 0 Å².